The smallest absolute Gasteiger partial charge is 0.337 e. The molecule has 2 aromatic carbocycles. The standard InChI is InChI=1S/C21H20ClN3O3/c1-13-7-9-15(10-8-13)12-25-19(22)18(14(2)24-25)20(26)23-17-6-4-5-16(11-17)21(27)28-3/h4-11H,12H2,1-3H3,(H,23,26). The lowest BCUT2D eigenvalue weighted by molar-refractivity contribution is 0.0600. The van der Waals surface area contributed by atoms with E-state index in [0.717, 1.165) is 5.56 Å². The van der Waals surface area contributed by atoms with Gasteiger partial charge in [-0.2, -0.15) is 5.10 Å². The van der Waals surface area contributed by atoms with E-state index in [9.17, 15) is 9.59 Å². The van der Waals surface area contributed by atoms with Crippen LogP contribution in [-0.2, 0) is 11.3 Å². The molecule has 0 aliphatic carbocycles. The Morgan fingerprint density at radius 2 is 1.86 bits per heavy atom. The summed E-state index contributed by atoms with van der Waals surface area (Å²) in [6, 6.07) is 14.5. The molecule has 1 N–H and O–H groups in total. The van der Waals surface area contributed by atoms with Crippen LogP contribution in [0.2, 0.25) is 5.15 Å². The van der Waals surface area contributed by atoms with E-state index in [4.69, 9.17) is 16.3 Å². The van der Waals surface area contributed by atoms with Gasteiger partial charge in [-0.3, -0.25) is 4.79 Å². The Morgan fingerprint density at radius 1 is 1.14 bits per heavy atom. The van der Waals surface area contributed by atoms with Crippen molar-refractivity contribution in [2.45, 2.75) is 20.4 Å². The van der Waals surface area contributed by atoms with Crippen molar-refractivity contribution in [1.29, 1.82) is 0 Å². The number of nitrogens with zero attached hydrogens (tertiary/aromatic N) is 2. The minimum absolute atomic E-state index is 0.264. The number of hydrogen-bond acceptors (Lipinski definition) is 4. The minimum Gasteiger partial charge on any atom is -0.465 e. The number of hydrogen-bond donors (Lipinski definition) is 1. The van der Waals surface area contributed by atoms with Gasteiger partial charge in [0.15, 0.2) is 0 Å². The number of carbonyl (C=O) groups is 2. The number of ether oxygens (including phenoxy) is 1. The van der Waals surface area contributed by atoms with Crippen molar-refractivity contribution in [2.75, 3.05) is 12.4 Å². The zero-order valence-corrected chi connectivity index (χ0v) is 16.6. The Kier molecular flexibility index (Phi) is 5.80. The summed E-state index contributed by atoms with van der Waals surface area (Å²) >= 11 is 6.44. The second-order valence-corrected chi connectivity index (χ2v) is 6.78. The van der Waals surface area contributed by atoms with Crippen LogP contribution in [0.1, 0.15) is 37.5 Å². The number of benzene rings is 2. The number of anilines is 1. The summed E-state index contributed by atoms with van der Waals surface area (Å²) in [6.07, 6.45) is 0. The highest BCUT2D eigenvalue weighted by Gasteiger charge is 2.21. The van der Waals surface area contributed by atoms with E-state index in [1.165, 1.54) is 12.7 Å². The van der Waals surface area contributed by atoms with Crippen LogP contribution in [0, 0.1) is 13.8 Å². The maximum absolute atomic E-state index is 12.8. The molecule has 0 aliphatic heterocycles. The molecule has 28 heavy (non-hydrogen) atoms. The number of aryl methyl sites for hydroxylation is 2. The van der Waals surface area contributed by atoms with Crippen LogP contribution in [0.3, 0.4) is 0 Å². The number of nitrogens with one attached hydrogen (secondary N) is 1. The number of aromatic nitrogens is 2. The normalized spacial score (nSPS) is 10.6. The molecule has 144 valence electrons. The zero-order chi connectivity index (χ0) is 20.3. The van der Waals surface area contributed by atoms with Crippen molar-refractivity contribution in [3.05, 3.63) is 81.6 Å². The molecule has 0 spiro atoms. The third-order valence-corrected chi connectivity index (χ3v) is 4.67. The molecule has 3 aromatic rings. The first-order valence-corrected chi connectivity index (χ1v) is 9.05. The van der Waals surface area contributed by atoms with Gasteiger partial charge < -0.3 is 10.1 Å². The molecule has 0 unspecified atom stereocenters. The van der Waals surface area contributed by atoms with Crippen molar-refractivity contribution in [3.63, 3.8) is 0 Å². The Morgan fingerprint density at radius 3 is 2.54 bits per heavy atom. The first-order chi connectivity index (χ1) is 13.4. The largest absolute Gasteiger partial charge is 0.465 e. The van der Waals surface area contributed by atoms with Crippen molar-refractivity contribution >= 4 is 29.2 Å². The Labute approximate surface area is 168 Å². The average molecular weight is 398 g/mol. The highest BCUT2D eigenvalue weighted by molar-refractivity contribution is 6.33. The van der Waals surface area contributed by atoms with Gasteiger partial charge in [0.1, 0.15) is 5.15 Å². The molecule has 0 aliphatic rings. The van der Waals surface area contributed by atoms with E-state index >= 15 is 0 Å². The van der Waals surface area contributed by atoms with E-state index in [1.807, 2.05) is 31.2 Å². The Hall–Kier alpha value is -3.12. The minimum atomic E-state index is -0.476. The number of methoxy groups -OCH3 is 1. The predicted molar refractivity (Wildman–Crippen MR) is 108 cm³/mol. The molecule has 1 aromatic heterocycles. The maximum atomic E-state index is 12.8. The Bertz CT molecular complexity index is 1030. The fourth-order valence-corrected chi connectivity index (χ4v) is 3.14. The van der Waals surface area contributed by atoms with Crippen molar-refractivity contribution in [3.8, 4) is 0 Å². The van der Waals surface area contributed by atoms with E-state index in [1.54, 1.807) is 35.9 Å². The molecular formula is C21H20ClN3O3. The first kappa shape index (κ1) is 19.6. The van der Waals surface area contributed by atoms with Crippen LogP contribution in [0.5, 0.6) is 0 Å². The molecule has 7 heteroatoms. The second kappa shape index (κ2) is 8.27. The van der Waals surface area contributed by atoms with E-state index in [0.29, 0.717) is 29.1 Å². The highest BCUT2D eigenvalue weighted by Crippen LogP contribution is 2.23. The van der Waals surface area contributed by atoms with Gasteiger partial charge >= 0.3 is 5.97 Å². The van der Waals surface area contributed by atoms with Gasteiger partial charge in [-0.1, -0.05) is 47.5 Å². The molecular weight excluding hydrogens is 378 g/mol. The van der Waals surface area contributed by atoms with Crippen LogP contribution in [0.4, 0.5) is 5.69 Å². The van der Waals surface area contributed by atoms with E-state index in [2.05, 4.69) is 10.4 Å². The van der Waals surface area contributed by atoms with Gasteiger partial charge in [-0.15, -0.1) is 0 Å². The lowest BCUT2D eigenvalue weighted by atomic mass is 10.1. The zero-order valence-electron chi connectivity index (χ0n) is 15.8. The summed E-state index contributed by atoms with van der Waals surface area (Å²) in [4.78, 5) is 24.4. The summed E-state index contributed by atoms with van der Waals surface area (Å²) in [5.41, 5.74) is 3.84. The van der Waals surface area contributed by atoms with Crippen LogP contribution < -0.4 is 5.32 Å². The molecule has 0 saturated heterocycles. The van der Waals surface area contributed by atoms with Gasteiger partial charge in [0.2, 0.25) is 0 Å². The fraction of sp³-hybridized carbons (Fsp3) is 0.190. The van der Waals surface area contributed by atoms with Gasteiger partial charge in [0, 0.05) is 5.69 Å². The molecule has 0 atom stereocenters. The summed E-state index contributed by atoms with van der Waals surface area (Å²) in [5.74, 6) is -0.865. The molecule has 1 heterocycles. The van der Waals surface area contributed by atoms with Gasteiger partial charge in [0.05, 0.1) is 30.5 Å². The molecule has 0 bridgehead atoms. The summed E-state index contributed by atoms with van der Waals surface area (Å²) in [6.45, 7) is 4.22. The van der Waals surface area contributed by atoms with Gasteiger partial charge in [-0.25, -0.2) is 9.48 Å². The van der Waals surface area contributed by atoms with Crippen molar-refractivity contribution in [1.82, 2.24) is 9.78 Å². The van der Waals surface area contributed by atoms with Crippen LogP contribution in [0.15, 0.2) is 48.5 Å². The average Bonchev–Trinajstić information content (AvgIpc) is 2.96. The molecule has 0 radical (unpaired) electrons. The highest BCUT2D eigenvalue weighted by atomic mass is 35.5. The maximum Gasteiger partial charge on any atom is 0.337 e. The summed E-state index contributed by atoms with van der Waals surface area (Å²) < 4.78 is 6.30. The van der Waals surface area contributed by atoms with Crippen LogP contribution in [-0.4, -0.2) is 28.8 Å². The van der Waals surface area contributed by atoms with Gasteiger partial charge in [-0.05, 0) is 37.6 Å². The molecule has 1 amide bonds. The lowest BCUT2D eigenvalue weighted by Crippen LogP contribution is -2.14. The quantitative estimate of drug-likeness (QED) is 0.653. The lowest BCUT2D eigenvalue weighted by Gasteiger charge is -2.07. The fourth-order valence-electron chi connectivity index (χ4n) is 2.82. The van der Waals surface area contributed by atoms with E-state index in [-0.39, 0.29) is 11.1 Å². The SMILES string of the molecule is COC(=O)c1cccc(NC(=O)c2c(C)nn(Cc3ccc(C)cc3)c2Cl)c1. The molecule has 3 rings (SSSR count). The number of rotatable bonds is 5. The van der Waals surface area contributed by atoms with Crippen LogP contribution >= 0.6 is 11.6 Å². The summed E-state index contributed by atoms with van der Waals surface area (Å²) in [5, 5.41) is 7.42. The number of carbonyl (C=O) groups excluding carboxylic acids is 2. The number of amides is 1. The second-order valence-electron chi connectivity index (χ2n) is 6.42. The van der Waals surface area contributed by atoms with Crippen LogP contribution in [0.25, 0.3) is 0 Å². The molecule has 0 fully saturated rings. The Balaban J connectivity index is 1.82. The summed E-state index contributed by atoms with van der Waals surface area (Å²) in [7, 11) is 1.30. The van der Waals surface area contributed by atoms with Gasteiger partial charge in [0.25, 0.3) is 5.91 Å². The first-order valence-electron chi connectivity index (χ1n) is 8.67. The third-order valence-electron chi connectivity index (χ3n) is 4.29. The number of halogens is 1. The topological polar surface area (TPSA) is 73.2 Å². The third kappa shape index (κ3) is 4.23. The van der Waals surface area contributed by atoms with Crippen molar-refractivity contribution in [2.24, 2.45) is 0 Å². The predicted octanol–water partition coefficient (Wildman–Crippen LogP) is 4.24. The molecule has 6 nitrogen and oxygen atoms in total. The number of esters is 1. The monoisotopic (exact) mass is 397 g/mol. The van der Waals surface area contributed by atoms with E-state index < -0.39 is 5.97 Å². The van der Waals surface area contributed by atoms with Crippen molar-refractivity contribution < 1.29 is 14.3 Å². The molecule has 0 saturated carbocycles.